The summed E-state index contributed by atoms with van der Waals surface area (Å²) in [5.41, 5.74) is 2.07. The molecule has 128 valence electrons. The maximum absolute atomic E-state index is 13.2. The number of rotatable bonds is 4. The van der Waals surface area contributed by atoms with Crippen LogP contribution in [0.1, 0.15) is 29.3 Å². The van der Waals surface area contributed by atoms with Crippen molar-refractivity contribution in [2.24, 2.45) is 0 Å². The van der Waals surface area contributed by atoms with Crippen LogP contribution >= 0.6 is 0 Å². The zero-order valence-electron chi connectivity index (χ0n) is 13.9. The van der Waals surface area contributed by atoms with Crippen LogP contribution in [0.2, 0.25) is 0 Å². The molecule has 0 spiro atoms. The van der Waals surface area contributed by atoms with E-state index in [2.05, 4.69) is 5.32 Å². The van der Waals surface area contributed by atoms with Crippen LogP contribution in [0.5, 0.6) is 0 Å². The molecule has 2 amide bonds. The highest BCUT2D eigenvalue weighted by atomic mass is 19.1. The van der Waals surface area contributed by atoms with Gasteiger partial charge in [-0.2, -0.15) is 0 Å². The number of Topliss-reactive ketones (excluding diaryl/α,β-unsaturated/α-hetero) is 1. The molecule has 1 atom stereocenters. The first-order valence-corrected chi connectivity index (χ1v) is 7.87. The fourth-order valence-electron chi connectivity index (χ4n) is 2.86. The van der Waals surface area contributed by atoms with Crippen molar-refractivity contribution < 1.29 is 18.8 Å². The standard InChI is InChI=1S/C19H17FN2O3/c1-11-8-14(20)6-7-16(11)21-17-10-18(24)22(19(17)25)15-5-3-4-13(9-15)12(2)23/h3-9,17,21H,10H2,1-2H3/t17-/m1/s1. The van der Waals surface area contributed by atoms with Gasteiger partial charge in [0.2, 0.25) is 5.91 Å². The molecule has 25 heavy (non-hydrogen) atoms. The third-order valence-electron chi connectivity index (χ3n) is 4.18. The number of ketones is 1. The summed E-state index contributed by atoms with van der Waals surface area (Å²) in [6, 6.07) is 9.89. The highest BCUT2D eigenvalue weighted by Gasteiger charge is 2.39. The summed E-state index contributed by atoms with van der Waals surface area (Å²) in [6.45, 7) is 3.15. The van der Waals surface area contributed by atoms with Gasteiger partial charge in [-0.3, -0.25) is 14.4 Å². The number of carbonyl (C=O) groups excluding carboxylic acids is 3. The van der Waals surface area contributed by atoms with Crippen LogP contribution in [-0.2, 0) is 9.59 Å². The number of nitrogens with zero attached hydrogens (tertiary/aromatic N) is 1. The Morgan fingerprint density at radius 1 is 1.20 bits per heavy atom. The van der Waals surface area contributed by atoms with Crippen molar-refractivity contribution in [3.8, 4) is 0 Å². The van der Waals surface area contributed by atoms with Crippen LogP contribution < -0.4 is 10.2 Å². The second kappa shape index (κ2) is 6.47. The zero-order valence-corrected chi connectivity index (χ0v) is 13.9. The van der Waals surface area contributed by atoms with Gasteiger partial charge < -0.3 is 5.32 Å². The molecule has 0 aliphatic carbocycles. The molecule has 2 aromatic rings. The molecule has 0 radical (unpaired) electrons. The molecule has 0 saturated carbocycles. The van der Waals surface area contributed by atoms with Gasteiger partial charge in [0, 0.05) is 11.3 Å². The number of imide groups is 1. The largest absolute Gasteiger partial charge is 0.373 e. The number of aryl methyl sites for hydroxylation is 1. The second-order valence-corrected chi connectivity index (χ2v) is 6.03. The fourth-order valence-corrected chi connectivity index (χ4v) is 2.86. The molecule has 1 aliphatic heterocycles. The molecular weight excluding hydrogens is 323 g/mol. The molecule has 3 rings (SSSR count). The van der Waals surface area contributed by atoms with E-state index in [0.29, 0.717) is 22.5 Å². The first kappa shape index (κ1) is 16.8. The number of benzene rings is 2. The molecule has 0 aromatic heterocycles. The van der Waals surface area contributed by atoms with Crippen molar-refractivity contribution in [3.05, 3.63) is 59.4 Å². The van der Waals surface area contributed by atoms with Crippen LogP contribution in [0, 0.1) is 12.7 Å². The van der Waals surface area contributed by atoms with Crippen molar-refractivity contribution in [3.63, 3.8) is 0 Å². The number of anilines is 2. The van der Waals surface area contributed by atoms with E-state index in [1.165, 1.54) is 25.1 Å². The van der Waals surface area contributed by atoms with E-state index in [1.807, 2.05) is 0 Å². The summed E-state index contributed by atoms with van der Waals surface area (Å²) in [5.74, 6) is -1.24. The van der Waals surface area contributed by atoms with E-state index in [0.717, 1.165) is 4.90 Å². The maximum atomic E-state index is 13.2. The Morgan fingerprint density at radius 3 is 2.64 bits per heavy atom. The topological polar surface area (TPSA) is 66.5 Å². The maximum Gasteiger partial charge on any atom is 0.256 e. The molecule has 1 heterocycles. The number of hydrogen-bond acceptors (Lipinski definition) is 4. The third-order valence-corrected chi connectivity index (χ3v) is 4.18. The number of hydrogen-bond donors (Lipinski definition) is 1. The summed E-state index contributed by atoms with van der Waals surface area (Å²) < 4.78 is 13.2. The summed E-state index contributed by atoms with van der Waals surface area (Å²) in [5, 5.41) is 3.01. The average molecular weight is 340 g/mol. The van der Waals surface area contributed by atoms with Crippen LogP contribution in [0.3, 0.4) is 0 Å². The Morgan fingerprint density at radius 2 is 1.96 bits per heavy atom. The van der Waals surface area contributed by atoms with Gasteiger partial charge in [-0.05, 0) is 49.7 Å². The molecular formula is C19H17FN2O3. The van der Waals surface area contributed by atoms with Crippen LogP contribution in [-0.4, -0.2) is 23.6 Å². The monoisotopic (exact) mass is 340 g/mol. The first-order valence-electron chi connectivity index (χ1n) is 7.87. The fraction of sp³-hybridized carbons (Fsp3) is 0.211. The molecule has 5 nitrogen and oxygen atoms in total. The zero-order chi connectivity index (χ0) is 18.1. The Balaban J connectivity index is 1.85. The van der Waals surface area contributed by atoms with Crippen LogP contribution in [0.15, 0.2) is 42.5 Å². The Bertz CT molecular complexity index is 879. The molecule has 1 fully saturated rings. The van der Waals surface area contributed by atoms with Gasteiger partial charge in [0.25, 0.3) is 5.91 Å². The van der Waals surface area contributed by atoms with Crippen molar-refractivity contribution in [1.82, 2.24) is 0 Å². The lowest BCUT2D eigenvalue weighted by Crippen LogP contribution is -2.35. The summed E-state index contributed by atoms with van der Waals surface area (Å²) >= 11 is 0. The Kier molecular flexibility index (Phi) is 4.35. The molecule has 6 heteroatoms. The van der Waals surface area contributed by atoms with E-state index >= 15 is 0 Å². The minimum absolute atomic E-state index is 0.0000508. The minimum Gasteiger partial charge on any atom is -0.373 e. The highest BCUT2D eigenvalue weighted by Crippen LogP contribution is 2.27. The van der Waals surface area contributed by atoms with Gasteiger partial charge in [0.15, 0.2) is 5.78 Å². The Labute approximate surface area is 144 Å². The molecule has 1 saturated heterocycles. The third kappa shape index (κ3) is 3.28. The normalized spacial score (nSPS) is 17.1. The van der Waals surface area contributed by atoms with E-state index in [9.17, 15) is 18.8 Å². The molecule has 1 N–H and O–H groups in total. The van der Waals surface area contributed by atoms with Gasteiger partial charge in [-0.15, -0.1) is 0 Å². The molecule has 0 bridgehead atoms. The van der Waals surface area contributed by atoms with Gasteiger partial charge in [-0.1, -0.05) is 12.1 Å². The summed E-state index contributed by atoms with van der Waals surface area (Å²) in [7, 11) is 0. The van der Waals surface area contributed by atoms with Gasteiger partial charge in [-0.25, -0.2) is 9.29 Å². The highest BCUT2D eigenvalue weighted by molar-refractivity contribution is 6.23. The quantitative estimate of drug-likeness (QED) is 0.686. The number of nitrogens with one attached hydrogen (secondary N) is 1. The van der Waals surface area contributed by atoms with Crippen molar-refractivity contribution >= 4 is 29.0 Å². The first-order chi connectivity index (χ1) is 11.9. The second-order valence-electron chi connectivity index (χ2n) is 6.03. The Hall–Kier alpha value is -3.02. The van der Waals surface area contributed by atoms with E-state index in [4.69, 9.17) is 0 Å². The molecule has 0 unspecified atom stereocenters. The average Bonchev–Trinajstić information content (AvgIpc) is 2.84. The lowest BCUT2D eigenvalue weighted by Gasteiger charge is -2.17. The number of amides is 2. The van der Waals surface area contributed by atoms with Gasteiger partial charge in [0.05, 0.1) is 12.1 Å². The van der Waals surface area contributed by atoms with Crippen LogP contribution in [0.25, 0.3) is 0 Å². The summed E-state index contributed by atoms with van der Waals surface area (Å²) in [4.78, 5) is 37.6. The predicted octanol–water partition coefficient (Wildman–Crippen LogP) is 3.08. The van der Waals surface area contributed by atoms with Gasteiger partial charge >= 0.3 is 0 Å². The van der Waals surface area contributed by atoms with E-state index in [-0.39, 0.29) is 23.9 Å². The lowest BCUT2D eigenvalue weighted by molar-refractivity contribution is -0.121. The minimum atomic E-state index is -0.724. The number of carbonyl (C=O) groups is 3. The van der Waals surface area contributed by atoms with Crippen LogP contribution in [0.4, 0.5) is 15.8 Å². The van der Waals surface area contributed by atoms with Gasteiger partial charge in [0.1, 0.15) is 11.9 Å². The van der Waals surface area contributed by atoms with Crippen molar-refractivity contribution in [2.45, 2.75) is 26.3 Å². The van der Waals surface area contributed by atoms with Crippen molar-refractivity contribution in [2.75, 3.05) is 10.2 Å². The lowest BCUT2D eigenvalue weighted by atomic mass is 10.1. The van der Waals surface area contributed by atoms with Crippen molar-refractivity contribution in [1.29, 1.82) is 0 Å². The SMILES string of the molecule is CC(=O)c1cccc(N2C(=O)C[C@@H](Nc3ccc(F)cc3C)C2=O)c1. The molecule has 2 aromatic carbocycles. The van der Waals surface area contributed by atoms with E-state index in [1.54, 1.807) is 31.2 Å². The number of halogens is 1. The predicted molar refractivity (Wildman–Crippen MR) is 92.1 cm³/mol. The van der Waals surface area contributed by atoms with E-state index < -0.39 is 11.9 Å². The summed E-state index contributed by atoms with van der Waals surface area (Å²) in [6.07, 6.45) is -0.0000508. The molecule has 1 aliphatic rings. The smallest absolute Gasteiger partial charge is 0.256 e.